The van der Waals surface area contributed by atoms with Gasteiger partial charge in [-0.3, -0.25) is 4.90 Å². The predicted octanol–water partition coefficient (Wildman–Crippen LogP) is 1.49. The van der Waals surface area contributed by atoms with Gasteiger partial charge in [0.05, 0.1) is 6.61 Å². The van der Waals surface area contributed by atoms with Gasteiger partial charge in [0.1, 0.15) is 12.4 Å². The number of hydrogen-bond acceptors (Lipinski definition) is 4. The lowest BCUT2D eigenvalue weighted by molar-refractivity contribution is 0.198. The topological polar surface area (TPSA) is 58.7 Å². The lowest BCUT2D eigenvalue weighted by atomic mass is 10.1. The molecule has 0 saturated carbocycles. The molecule has 3 N–H and O–H groups in total. The largest absolute Gasteiger partial charge is 0.491 e. The highest BCUT2D eigenvalue weighted by molar-refractivity contribution is 6.30. The van der Waals surface area contributed by atoms with Crippen molar-refractivity contribution in [3.8, 4) is 5.75 Å². The minimum Gasteiger partial charge on any atom is -0.491 e. The maximum Gasteiger partial charge on any atom is 0.124 e. The van der Waals surface area contributed by atoms with Gasteiger partial charge in [0.15, 0.2) is 0 Å². The second kappa shape index (κ2) is 7.10. The van der Waals surface area contributed by atoms with Crippen LogP contribution in [0.3, 0.4) is 0 Å². The Kier molecular flexibility index (Phi) is 5.45. The Bertz CT molecular complexity index is 414. The van der Waals surface area contributed by atoms with Crippen molar-refractivity contribution in [1.82, 2.24) is 4.90 Å². The van der Waals surface area contributed by atoms with E-state index in [0.717, 1.165) is 43.9 Å². The molecular weight excluding hydrogens is 264 g/mol. The molecule has 0 unspecified atom stereocenters. The molecule has 1 fully saturated rings. The number of ether oxygens (including phenoxy) is 1. The number of rotatable bonds is 6. The minimum absolute atomic E-state index is 0.0149. The molecule has 0 radical (unpaired) electrons. The number of benzene rings is 1. The van der Waals surface area contributed by atoms with E-state index in [1.165, 1.54) is 0 Å². The normalized spacial score (nSPS) is 19.8. The Morgan fingerprint density at radius 1 is 1.47 bits per heavy atom. The molecule has 106 valence electrons. The molecule has 5 heteroatoms. The number of nitrogens with two attached hydrogens (primary N) is 1. The van der Waals surface area contributed by atoms with Crippen LogP contribution in [0.15, 0.2) is 18.2 Å². The molecule has 0 aromatic heterocycles. The van der Waals surface area contributed by atoms with Crippen molar-refractivity contribution in [3.63, 3.8) is 0 Å². The van der Waals surface area contributed by atoms with Gasteiger partial charge in [-0.15, -0.1) is 0 Å². The van der Waals surface area contributed by atoms with Crippen molar-refractivity contribution >= 4 is 11.6 Å². The first-order chi connectivity index (χ1) is 9.22. The van der Waals surface area contributed by atoms with Gasteiger partial charge in [-0.25, -0.2) is 0 Å². The molecule has 1 aliphatic heterocycles. The smallest absolute Gasteiger partial charge is 0.124 e. The first-order valence-corrected chi connectivity index (χ1v) is 7.05. The first kappa shape index (κ1) is 14.6. The number of likely N-dealkylation sites (tertiary alicyclic amines) is 1. The van der Waals surface area contributed by atoms with Gasteiger partial charge < -0.3 is 15.6 Å². The molecule has 1 atom stereocenters. The van der Waals surface area contributed by atoms with Crippen LogP contribution in [-0.4, -0.2) is 42.9 Å². The van der Waals surface area contributed by atoms with Crippen LogP contribution in [0.25, 0.3) is 0 Å². The highest BCUT2D eigenvalue weighted by Gasteiger charge is 2.22. The zero-order valence-corrected chi connectivity index (χ0v) is 11.8. The van der Waals surface area contributed by atoms with Crippen LogP contribution in [-0.2, 0) is 6.54 Å². The molecule has 1 aromatic carbocycles. The van der Waals surface area contributed by atoms with Crippen molar-refractivity contribution in [1.29, 1.82) is 0 Å². The monoisotopic (exact) mass is 284 g/mol. The summed E-state index contributed by atoms with van der Waals surface area (Å²) in [4.78, 5) is 2.37. The van der Waals surface area contributed by atoms with E-state index < -0.39 is 0 Å². The quantitative estimate of drug-likeness (QED) is 0.831. The maximum atomic E-state index is 8.85. The summed E-state index contributed by atoms with van der Waals surface area (Å²) in [5, 5.41) is 9.56. The van der Waals surface area contributed by atoms with Crippen LogP contribution in [0, 0.1) is 5.92 Å². The van der Waals surface area contributed by atoms with Crippen molar-refractivity contribution in [2.45, 2.75) is 13.0 Å². The third kappa shape index (κ3) is 4.08. The van der Waals surface area contributed by atoms with Crippen molar-refractivity contribution in [2.75, 3.05) is 32.8 Å². The fourth-order valence-corrected chi connectivity index (χ4v) is 2.65. The van der Waals surface area contributed by atoms with Crippen LogP contribution in [0.2, 0.25) is 5.02 Å². The summed E-state index contributed by atoms with van der Waals surface area (Å²) in [7, 11) is 0. The minimum atomic E-state index is 0.0149. The zero-order chi connectivity index (χ0) is 13.7. The summed E-state index contributed by atoms with van der Waals surface area (Å²) >= 11 is 6.05. The highest BCUT2D eigenvalue weighted by Crippen LogP contribution is 2.26. The van der Waals surface area contributed by atoms with Crippen molar-refractivity contribution in [2.24, 2.45) is 11.7 Å². The van der Waals surface area contributed by atoms with E-state index in [2.05, 4.69) is 4.90 Å². The maximum absolute atomic E-state index is 8.85. The third-order valence-electron chi connectivity index (χ3n) is 3.47. The van der Waals surface area contributed by atoms with E-state index in [4.69, 9.17) is 27.2 Å². The second-order valence-corrected chi connectivity index (χ2v) is 5.39. The molecule has 2 rings (SSSR count). The molecule has 0 bridgehead atoms. The standard InChI is InChI=1S/C14H21ClN2O2/c15-13-1-2-14(19-6-5-18)12(7-13)10-17-4-3-11(8-16)9-17/h1-2,7,11,18H,3-6,8-10,16H2/t11-/m0/s1. The van der Waals surface area contributed by atoms with Gasteiger partial charge in [0, 0.05) is 23.7 Å². The molecular formula is C14H21ClN2O2. The average molecular weight is 285 g/mol. The SMILES string of the molecule is NC[C@@H]1CCN(Cc2cc(Cl)ccc2OCCO)C1. The van der Waals surface area contributed by atoms with Crippen LogP contribution in [0.1, 0.15) is 12.0 Å². The Labute approximate surface area is 119 Å². The van der Waals surface area contributed by atoms with Gasteiger partial charge in [-0.1, -0.05) is 11.6 Å². The lowest BCUT2D eigenvalue weighted by Crippen LogP contribution is -2.23. The summed E-state index contributed by atoms with van der Waals surface area (Å²) < 4.78 is 5.54. The summed E-state index contributed by atoms with van der Waals surface area (Å²) in [5.41, 5.74) is 6.78. The number of halogens is 1. The Hall–Kier alpha value is -0.810. The number of hydrogen-bond donors (Lipinski definition) is 2. The van der Waals surface area contributed by atoms with Crippen LogP contribution in [0.4, 0.5) is 0 Å². The first-order valence-electron chi connectivity index (χ1n) is 6.67. The van der Waals surface area contributed by atoms with Gasteiger partial charge in [0.25, 0.3) is 0 Å². The van der Waals surface area contributed by atoms with Crippen molar-refractivity contribution in [3.05, 3.63) is 28.8 Å². The van der Waals surface area contributed by atoms with Gasteiger partial charge >= 0.3 is 0 Å². The number of nitrogens with zero attached hydrogens (tertiary/aromatic N) is 1. The molecule has 19 heavy (non-hydrogen) atoms. The highest BCUT2D eigenvalue weighted by atomic mass is 35.5. The summed E-state index contributed by atoms with van der Waals surface area (Å²) in [5.74, 6) is 1.40. The third-order valence-corrected chi connectivity index (χ3v) is 3.70. The van der Waals surface area contributed by atoms with Crippen LogP contribution >= 0.6 is 11.6 Å². The number of aliphatic hydroxyl groups excluding tert-OH is 1. The van der Waals surface area contributed by atoms with Crippen LogP contribution < -0.4 is 10.5 Å². The average Bonchev–Trinajstić information content (AvgIpc) is 2.85. The predicted molar refractivity (Wildman–Crippen MR) is 76.5 cm³/mol. The Morgan fingerprint density at radius 3 is 3.00 bits per heavy atom. The van der Waals surface area contributed by atoms with Crippen molar-refractivity contribution < 1.29 is 9.84 Å². The van der Waals surface area contributed by atoms with Crippen LogP contribution in [0.5, 0.6) is 5.75 Å². The van der Waals surface area contributed by atoms with Gasteiger partial charge in [0.2, 0.25) is 0 Å². The fraction of sp³-hybridized carbons (Fsp3) is 0.571. The summed E-state index contributed by atoms with van der Waals surface area (Å²) in [6.45, 7) is 3.98. The second-order valence-electron chi connectivity index (χ2n) is 4.95. The molecule has 0 aliphatic carbocycles. The molecule has 1 aromatic rings. The van der Waals surface area contributed by atoms with Gasteiger partial charge in [-0.2, -0.15) is 0 Å². The zero-order valence-electron chi connectivity index (χ0n) is 11.0. The van der Waals surface area contributed by atoms with E-state index in [1.807, 2.05) is 18.2 Å². The Morgan fingerprint density at radius 2 is 2.32 bits per heavy atom. The van der Waals surface area contributed by atoms with E-state index in [9.17, 15) is 0 Å². The molecule has 1 saturated heterocycles. The fourth-order valence-electron chi connectivity index (χ4n) is 2.46. The van der Waals surface area contributed by atoms with E-state index in [1.54, 1.807) is 0 Å². The summed E-state index contributed by atoms with van der Waals surface area (Å²) in [6.07, 6.45) is 1.16. The molecule has 1 heterocycles. The van der Waals surface area contributed by atoms with E-state index >= 15 is 0 Å². The molecule has 0 spiro atoms. The lowest BCUT2D eigenvalue weighted by Gasteiger charge is -2.18. The number of aliphatic hydroxyl groups is 1. The molecule has 1 aliphatic rings. The van der Waals surface area contributed by atoms with E-state index in [0.29, 0.717) is 17.5 Å². The molecule has 0 amide bonds. The summed E-state index contributed by atoms with van der Waals surface area (Å²) in [6, 6.07) is 5.61. The molecule has 4 nitrogen and oxygen atoms in total. The van der Waals surface area contributed by atoms with Gasteiger partial charge in [-0.05, 0) is 43.6 Å². The van der Waals surface area contributed by atoms with E-state index in [-0.39, 0.29) is 6.61 Å². The Balaban J connectivity index is 2.03.